The lowest BCUT2D eigenvalue weighted by Crippen LogP contribution is -1.92. The van der Waals surface area contributed by atoms with Crippen molar-refractivity contribution in [1.82, 2.24) is 4.98 Å². The van der Waals surface area contributed by atoms with E-state index in [2.05, 4.69) is 75.1 Å². The maximum absolute atomic E-state index is 4.63. The number of pyridine rings is 1. The van der Waals surface area contributed by atoms with Gasteiger partial charge in [0, 0.05) is 11.6 Å². The van der Waals surface area contributed by atoms with Gasteiger partial charge in [-0.15, -0.1) is 0 Å². The van der Waals surface area contributed by atoms with Crippen molar-refractivity contribution in [3.05, 3.63) is 65.4 Å². The van der Waals surface area contributed by atoms with Crippen molar-refractivity contribution in [2.75, 3.05) is 0 Å². The lowest BCUT2D eigenvalue weighted by Gasteiger charge is -2.11. The fourth-order valence-corrected chi connectivity index (χ4v) is 2.86. The van der Waals surface area contributed by atoms with Crippen LogP contribution >= 0.6 is 0 Å². The van der Waals surface area contributed by atoms with Crippen LogP contribution in [0.4, 0.5) is 0 Å². The number of hydrogen-bond acceptors (Lipinski definition) is 1. The third-order valence-electron chi connectivity index (χ3n) is 3.95. The second-order valence-corrected chi connectivity index (χ2v) is 6.17. The second kappa shape index (κ2) is 5.33. The molecule has 0 unspecified atom stereocenters. The van der Waals surface area contributed by atoms with Gasteiger partial charge in [-0.25, -0.2) is 0 Å². The molecular formula is C20H21N. The minimum Gasteiger partial charge on any atom is -0.256 e. The van der Waals surface area contributed by atoms with E-state index in [1.165, 1.54) is 33.2 Å². The second-order valence-electron chi connectivity index (χ2n) is 6.17. The molecule has 0 spiro atoms. The number of rotatable bonds is 2. The van der Waals surface area contributed by atoms with Crippen LogP contribution in [0.1, 0.15) is 36.5 Å². The number of fused-ring (bicyclic) bond motifs is 1. The highest BCUT2D eigenvalue weighted by atomic mass is 14.7. The summed E-state index contributed by atoms with van der Waals surface area (Å²) in [7, 11) is 0. The van der Waals surface area contributed by atoms with Crippen molar-refractivity contribution in [3.8, 4) is 11.1 Å². The van der Waals surface area contributed by atoms with Crippen molar-refractivity contribution >= 4 is 10.9 Å². The Hall–Kier alpha value is -2.15. The monoisotopic (exact) mass is 275 g/mol. The van der Waals surface area contributed by atoms with E-state index in [1.807, 2.05) is 6.20 Å². The maximum Gasteiger partial charge on any atom is 0.0708 e. The molecule has 1 heteroatoms. The first-order chi connectivity index (χ1) is 10.0. The van der Waals surface area contributed by atoms with Crippen LogP contribution in [0.15, 0.2) is 48.7 Å². The predicted molar refractivity (Wildman–Crippen MR) is 90.7 cm³/mol. The van der Waals surface area contributed by atoms with Gasteiger partial charge in [0.15, 0.2) is 0 Å². The summed E-state index contributed by atoms with van der Waals surface area (Å²) in [6.07, 6.45) is 2.00. The van der Waals surface area contributed by atoms with Gasteiger partial charge in [-0.3, -0.25) is 4.98 Å². The number of benzene rings is 2. The zero-order valence-electron chi connectivity index (χ0n) is 13.1. The Morgan fingerprint density at radius 3 is 2.29 bits per heavy atom. The molecule has 2 aromatic carbocycles. The predicted octanol–water partition coefficient (Wildman–Crippen LogP) is 5.64. The molecule has 0 radical (unpaired) electrons. The van der Waals surface area contributed by atoms with Crippen LogP contribution in [0, 0.1) is 13.8 Å². The summed E-state index contributed by atoms with van der Waals surface area (Å²) in [5, 5.41) is 1.24. The maximum atomic E-state index is 4.63. The molecular weight excluding hydrogens is 254 g/mol. The van der Waals surface area contributed by atoms with Gasteiger partial charge in [-0.1, -0.05) is 55.3 Å². The van der Waals surface area contributed by atoms with Crippen LogP contribution in [0.5, 0.6) is 0 Å². The van der Waals surface area contributed by atoms with Gasteiger partial charge in [0.05, 0.1) is 5.52 Å². The lowest BCUT2D eigenvalue weighted by atomic mass is 9.95. The van der Waals surface area contributed by atoms with Crippen LogP contribution < -0.4 is 0 Å². The molecule has 0 saturated heterocycles. The Morgan fingerprint density at radius 2 is 1.62 bits per heavy atom. The van der Waals surface area contributed by atoms with Crippen molar-refractivity contribution in [2.45, 2.75) is 33.6 Å². The molecule has 0 amide bonds. The SMILES string of the molecule is Cc1cc(C)cc(-c2cccc3ncc(C(C)C)cc23)c1. The third kappa shape index (κ3) is 2.69. The lowest BCUT2D eigenvalue weighted by molar-refractivity contribution is 0.862. The minimum atomic E-state index is 0.495. The molecule has 1 aromatic heterocycles. The largest absolute Gasteiger partial charge is 0.256 e. The molecule has 3 aromatic rings. The number of aryl methyl sites for hydroxylation is 2. The van der Waals surface area contributed by atoms with E-state index < -0.39 is 0 Å². The highest BCUT2D eigenvalue weighted by Gasteiger charge is 2.08. The standard InChI is InChI=1S/C20H21N/c1-13(2)17-11-19-18(6-5-7-20(19)21-12-17)16-9-14(3)8-15(4)10-16/h5-13H,1-4H3. The van der Waals surface area contributed by atoms with Crippen molar-refractivity contribution < 1.29 is 0 Å². The summed E-state index contributed by atoms with van der Waals surface area (Å²) < 4.78 is 0. The van der Waals surface area contributed by atoms with Crippen LogP contribution in [0.3, 0.4) is 0 Å². The molecule has 0 N–H and O–H groups in total. The van der Waals surface area contributed by atoms with E-state index in [9.17, 15) is 0 Å². The normalized spacial score (nSPS) is 11.3. The van der Waals surface area contributed by atoms with E-state index in [1.54, 1.807) is 0 Å². The first-order valence-corrected chi connectivity index (χ1v) is 7.52. The van der Waals surface area contributed by atoms with Gasteiger partial charge in [0.2, 0.25) is 0 Å². The Morgan fingerprint density at radius 1 is 0.905 bits per heavy atom. The van der Waals surface area contributed by atoms with Crippen molar-refractivity contribution in [1.29, 1.82) is 0 Å². The smallest absolute Gasteiger partial charge is 0.0708 e. The van der Waals surface area contributed by atoms with Crippen LogP contribution in [-0.2, 0) is 0 Å². The summed E-state index contributed by atoms with van der Waals surface area (Å²) >= 11 is 0. The van der Waals surface area contributed by atoms with Gasteiger partial charge in [0.1, 0.15) is 0 Å². The average molecular weight is 275 g/mol. The van der Waals surface area contributed by atoms with E-state index in [-0.39, 0.29) is 0 Å². The Balaban J connectivity index is 2.28. The fourth-order valence-electron chi connectivity index (χ4n) is 2.86. The molecule has 0 saturated carbocycles. The van der Waals surface area contributed by atoms with Crippen molar-refractivity contribution in [2.24, 2.45) is 0 Å². The molecule has 1 heterocycles. The quantitative estimate of drug-likeness (QED) is 0.589. The van der Waals surface area contributed by atoms with Crippen LogP contribution in [0.2, 0.25) is 0 Å². The van der Waals surface area contributed by atoms with Crippen LogP contribution in [-0.4, -0.2) is 4.98 Å². The first-order valence-electron chi connectivity index (χ1n) is 7.52. The molecule has 1 nitrogen and oxygen atoms in total. The summed E-state index contributed by atoms with van der Waals surface area (Å²) in [4.78, 5) is 4.63. The van der Waals surface area contributed by atoms with E-state index in [0.29, 0.717) is 5.92 Å². The minimum absolute atomic E-state index is 0.495. The van der Waals surface area contributed by atoms with Gasteiger partial charge in [-0.05, 0) is 48.6 Å². The van der Waals surface area contributed by atoms with Gasteiger partial charge in [0.25, 0.3) is 0 Å². The topological polar surface area (TPSA) is 12.9 Å². The van der Waals surface area contributed by atoms with E-state index in [0.717, 1.165) is 5.52 Å². The Kier molecular flexibility index (Phi) is 3.50. The van der Waals surface area contributed by atoms with Gasteiger partial charge >= 0.3 is 0 Å². The number of nitrogens with zero attached hydrogens (tertiary/aromatic N) is 1. The molecule has 0 atom stereocenters. The third-order valence-corrected chi connectivity index (χ3v) is 3.95. The highest BCUT2D eigenvalue weighted by Crippen LogP contribution is 2.30. The molecule has 3 rings (SSSR count). The zero-order chi connectivity index (χ0) is 15.0. The summed E-state index contributed by atoms with van der Waals surface area (Å²) in [6.45, 7) is 8.73. The summed E-state index contributed by atoms with van der Waals surface area (Å²) in [6, 6.07) is 15.4. The molecule has 0 aliphatic carbocycles. The Labute approximate surface area is 126 Å². The molecule has 0 fully saturated rings. The van der Waals surface area contributed by atoms with Crippen molar-refractivity contribution in [3.63, 3.8) is 0 Å². The molecule has 0 bridgehead atoms. The van der Waals surface area contributed by atoms with Crippen LogP contribution in [0.25, 0.3) is 22.0 Å². The Bertz CT molecular complexity index is 780. The average Bonchev–Trinajstić information content (AvgIpc) is 2.45. The first kappa shape index (κ1) is 13.8. The van der Waals surface area contributed by atoms with Gasteiger partial charge in [-0.2, -0.15) is 0 Å². The zero-order valence-corrected chi connectivity index (χ0v) is 13.1. The number of aromatic nitrogens is 1. The number of hydrogen-bond donors (Lipinski definition) is 0. The highest BCUT2D eigenvalue weighted by molar-refractivity contribution is 5.95. The molecule has 0 aliphatic rings. The summed E-state index contributed by atoms with van der Waals surface area (Å²) in [5.41, 5.74) is 7.51. The molecule has 0 aliphatic heterocycles. The molecule has 21 heavy (non-hydrogen) atoms. The fraction of sp³-hybridized carbons (Fsp3) is 0.250. The van der Waals surface area contributed by atoms with E-state index in [4.69, 9.17) is 0 Å². The van der Waals surface area contributed by atoms with E-state index >= 15 is 0 Å². The molecule has 106 valence electrons. The van der Waals surface area contributed by atoms with Gasteiger partial charge < -0.3 is 0 Å². The summed E-state index contributed by atoms with van der Waals surface area (Å²) in [5.74, 6) is 0.495.